The summed E-state index contributed by atoms with van der Waals surface area (Å²) in [5.74, 6) is 0.000432. The first-order valence-electron chi connectivity index (χ1n) is 7.28. The first kappa shape index (κ1) is 15.5. The molecule has 1 amide bonds. The summed E-state index contributed by atoms with van der Waals surface area (Å²) in [5, 5.41) is 2.91. The van der Waals surface area contributed by atoms with Gasteiger partial charge in [0.1, 0.15) is 0 Å². The van der Waals surface area contributed by atoms with Crippen LogP contribution in [0.2, 0.25) is 0 Å². The van der Waals surface area contributed by atoms with Crippen molar-refractivity contribution in [2.45, 2.75) is 51.7 Å². The highest BCUT2D eigenvalue weighted by Crippen LogP contribution is 2.21. The highest BCUT2D eigenvalue weighted by atomic mass is 32.1. The number of rotatable bonds is 5. The Bertz CT molecular complexity index is 431. The molecule has 0 radical (unpaired) electrons. The van der Waals surface area contributed by atoms with Gasteiger partial charge in [0.2, 0.25) is 0 Å². The fraction of sp³-hybridized carbons (Fsp3) is 0.667. The van der Waals surface area contributed by atoms with E-state index in [1.54, 1.807) is 11.3 Å². The Hall–Kier alpha value is -0.910. The smallest absolute Gasteiger partial charge is 0.261 e. The summed E-state index contributed by atoms with van der Waals surface area (Å²) in [5.41, 5.74) is 7.03. The highest BCUT2D eigenvalue weighted by molar-refractivity contribution is 7.14. The zero-order valence-corrected chi connectivity index (χ0v) is 13.1. The van der Waals surface area contributed by atoms with E-state index in [9.17, 15) is 4.79 Å². The lowest BCUT2D eigenvalue weighted by Gasteiger charge is -2.26. The molecule has 1 saturated carbocycles. The predicted octanol–water partition coefficient (Wildman–Crippen LogP) is 2.38. The maximum atomic E-state index is 11.9. The fourth-order valence-electron chi connectivity index (χ4n) is 2.42. The van der Waals surface area contributed by atoms with Crippen molar-refractivity contribution in [1.82, 2.24) is 5.32 Å². The quantitative estimate of drug-likeness (QED) is 0.820. The van der Waals surface area contributed by atoms with Crippen molar-refractivity contribution in [2.75, 3.05) is 13.2 Å². The first-order chi connectivity index (χ1) is 9.56. The van der Waals surface area contributed by atoms with Gasteiger partial charge in [0.25, 0.3) is 5.91 Å². The Kier molecular flexibility index (Phi) is 5.57. The molecule has 0 unspecified atom stereocenters. The minimum absolute atomic E-state index is 0.000432. The highest BCUT2D eigenvalue weighted by Gasteiger charge is 2.18. The molecule has 0 bridgehead atoms. The third-order valence-electron chi connectivity index (χ3n) is 3.85. The van der Waals surface area contributed by atoms with E-state index < -0.39 is 0 Å². The molecule has 4 nitrogen and oxygen atoms in total. The van der Waals surface area contributed by atoms with Crippen LogP contribution < -0.4 is 11.1 Å². The van der Waals surface area contributed by atoms with Crippen LogP contribution in [0.15, 0.2) is 6.07 Å². The second-order valence-electron chi connectivity index (χ2n) is 5.51. The van der Waals surface area contributed by atoms with Crippen LogP contribution in [0, 0.1) is 13.8 Å². The van der Waals surface area contributed by atoms with Gasteiger partial charge < -0.3 is 15.8 Å². The average molecular weight is 296 g/mol. The molecule has 5 heteroatoms. The Balaban J connectivity index is 1.64. The zero-order valence-electron chi connectivity index (χ0n) is 12.3. The molecule has 1 heterocycles. The van der Waals surface area contributed by atoms with E-state index in [1.165, 1.54) is 10.4 Å². The minimum Gasteiger partial charge on any atom is -0.376 e. The number of nitrogens with one attached hydrogen (secondary N) is 1. The summed E-state index contributed by atoms with van der Waals surface area (Å²) in [6, 6.07) is 2.29. The van der Waals surface area contributed by atoms with Crippen LogP contribution >= 0.6 is 11.3 Å². The molecule has 1 aromatic heterocycles. The van der Waals surface area contributed by atoms with Gasteiger partial charge in [-0.05, 0) is 51.2 Å². The zero-order chi connectivity index (χ0) is 14.5. The summed E-state index contributed by atoms with van der Waals surface area (Å²) in [6.45, 7) is 5.21. The number of amides is 1. The summed E-state index contributed by atoms with van der Waals surface area (Å²) in [6.07, 6.45) is 4.49. The number of ether oxygens (including phenoxy) is 1. The van der Waals surface area contributed by atoms with Crippen LogP contribution in [0.4, 0.5) is 0 Å². The van der Waals surface area contributed by atoms with Crippen molar-refractivity contribution in [3.63, 3.8) is 0 Å². The lowest BCUT2D eigenvalue weighted by atomic mass is 9.94. The second-order valence-corrected chi connectivity index (χ2v) is 6.77. The summed E-state index contributed by atoms with van der Waals surface area (Å²) in [7, 11) is 0. The Labute approximate surface area is 124 Å². The molecule has 0 atom stereocenters. The van der Waals surface area contributed by atoms with Gasteiger partial charge in [-0.15, -0.1) is 11.3 Å². The van der Waals surface area contributed by atoms with Crippen LogP contribution in [0.1, 0.15) is 45.8 Å². The number of carbonyl (C=O) groups excluding carboxylic acids is 1. The molecule has 0 aromatic carbocycles. The molecule has 1 aliphatic carbocycles. The second kappa shape index (κ2) is 7.20. The molecule has 0 aliphatic heterocycles. The number of hydrogen-bond acceptors (Lipinski definition) is 4. The third kappa shape index (κ3) is 4.30. The number of thiophene rings is 1. The number of aryl methyl sites for hydroxylation is 2. The Morgan fingerprint density at radius 1 is 1.40 bits per heavy atom. The van der Waals surface area contributed by atoms with Crippen molar-refractivity contribution in [1.29, 1.82) is 0 Å². The van der Waals surface area contributed by atoms with Crippen molar-refractivity contribution in [2.24, 2.45) is 5.73 Å². The van der Waals surface area contributed by atoms with Crippen LogP contribution in [0.3, 0.4) is 0 Å². The number of carbonyl (C=O) groups is 1. The Morgan fingerprint density at radius 3 is 2.70 bits per heavy atom. The molecule has 0 spiro atoms. The lowest BCUT2D eigenvalue weighted by Crippen LogP contribution is -2.32. The van der Waals surface area contributed by atoms with E-state index in [0.717, 1.165) is 30.6 Å². The minimum atomic E-state index is 0.000432. The van der Waals surface area contributed by atoms with E-state index >= 15 is 0 Å². The molecule has 1 aliphatic rings. The predicted molar refractivity (Wildman–Crippen MR) is 82.3 cm³/mol. The summed E-state index contributed by atoms with van der Waals surface area (Å²) < 4.78 is 5.78. The molecule has 112 valence electrons. The molecule has 0 saturated heterocycles. The van der Waals surface area contributed by atoms with E-state index in [0.29, 0.717) is 25.3 Å². The van der Waals surface area contributed by atoms with E-state index in [1.807, 2.05) is 19.9 Å². The van der Waals surface area contributed by atoms with Gasteiger partial charge in [0, 0.05) is 17.5 Å². The van der Waals surface area contributed by atoms with Gasteiger partial charge in [-0.25, -0.2) is 0 Å². The van der Waals surface area contributed by atoms with Gasteiger partial charge in [0.15, 0.2) is 0 Å². The number of hydrogen-bond donors (Lipinski definition) is 2. The van der Waals surface area contributed by atoms with E-state index in [-0.39, 0.29) is 5.91 Å². The topological polar surface area (TPSA) is 64.3 Å². The SMILES string of the molecule is Cc1cc(C(=O)NCCOC2CCC(N)CC2)sc1C. The van der Waals surface area contributed by atoms with Crippen molar-refractivity contribution >= 4 is 17.2 Å². The molecule has 2 rings (SSSR count). The lowest BCUT2D eigenvalue weighted by molar-refractivity contribution is 0.0268. The van der Waals surface area contributed by atoms with Crippen molar-refractivity contribution < 1.29 is 9.53 Å². The standard InChI is InChI=1S/C15H24N2O2S/c1-10-9-14(20-11(10)2)15(18)17-7-8-19-13-5-3-12(16)4-6-13/h9,12-13H,3-8,16H2,1-2H3,(H,17,18). The van der Waals surface area contributed by atoms with Gasteiger partial charge in [0.05, 0.1) is 17.6 Å². The van der Waals surface area contributed by atoms with Crippen molar-refractivity contribution in [3.05, 3.63) is 21.4 Å². The molecule has 3 N–H and O–H groups in total. The largest absolute Gasteiger partial charge is 0.376 e. The molecule has 1 aromatic rings. The molecule has 1 fully saturated rings. The first-order valence-corrected chi connectivity index (χ1v) is 8.10. The van der Waals surface area contributed by atoms with Gasteiger partial charge in [-0.2, -0.15) is 0 Å². The monoisotopic (exact) mass is 296 g/mol. The maximum Gasteiger partial charge on any atom is 0.261 e. The fourth-order valence-corrected chi connectivity index (χ4v) is 3.37. The van der Waals surface area contributed by atoms with Crippen LogP contribution in [0.25, 0.3) is 0 Å². The third-order valence-corrected chi connectivity index (χ3v) is 5.00. The molecule has 20 heavy (non-hydrogen) atoms. The normalized spacial score (nSPS) is 22.8. The van der Waals surface area contributed by atoms with Gasteiger partial charge in [-0.3, -0.25) is 4.79 Å². The average Bonchev–Trinajstić information content (AvgIpc) is 2.77. The van der Waals surface area contributed by atoms with Gasteiger partial charge >= 0.3 is 0 Å². The van der Waals surface area contributed by atoms with Crippen LogP contribution in [-0.2, 0) is 4.74 Å². The van der Waals surface area contributed by atoms with Crippen molar-refractivity contribution in [3.8, 4) is 0 Å². The van der Waals surface area contributed by atoms with E-state index in [2.05, 4.69) is 5.32 Å². The van der Waals surface area contributed by atoms with Gasteiger partial charge in [-0.1, -0.05) is 0 Å². The maximum absolute atomic E-state index is 11.9. The number of nitrogens with two attached hydrogens (primary N) is 1. The Morgan fingerprint density at radius 2 is 2.10 bits per heavy atom. The van der Waals surface area contributed by atoms with E-state index in [4.69, 9.17) is 10.5 Å². The van der Waals surface area contributed by atoms with Crippen LogP contribution in [0.5, 0.6) is 0 Å². The molecular weight excluding hydrogens is 272 g/mol. The summed E-state index contributed by atoms with van der Waals surface area (Å²) in [4.78, 5) is 13.9. The van der Waals surface area contributed by atoms with Crippen LogP contribution in [-0.4, -0.2) is 31.2 Å². The molecular formula is C15H24N2O2S. The summed E-state index contributed by atoms with van der Waals surface area (Å²) >= 11 is 1.54.